The van der Waals surface area contributed by atoms with Gasteiger partial charge in [-0.05, 0) is 60.7 Å². The van der Waals surface area contributed by atoms with E-state index in [1.165, 1.54) is 23.4 Å². The van der Waals surface area contributed by atoms with E-state index < -0.39 is 10.0 Å². The van der Waals surface area contributed by atoms with Crippen LogP contribution in [-0.2, 0) is 26.2 Å². The second-order valence-corrected chi connectivity index (χ2v) is 10.0. The average Bonchev–Trinajstić information content (AvgIpc) is 2.73. The number of benzene rings is 2. The van der Waals surface area contributed by atoms with Crippen LogP contribution < -0.4 is 10.6 Å². The maximum atomic E-state index is 12.9. The number of sulfonamides is 1. The molecule has 166 valence electrons. The molecule has 0 unspecified atom stereocenters. The Bertz CT molecular complexity index is 1030. The van der Waals surface area contributed by atoms with Crippen molar-refractivity contribution in [1.29, 1.82) is 0 Å². The van der Waals surface area contributed by atoms with Crippen molar-refractivity contribution in [3.63, 3.8) is 0 Å². The first kappa shape index (κ1) is 23.2. The summed E-state index contributed by atoms with van der Waals surface area (Å²) >= 11 is 5.96. The fourth-order valence-electron chi connectivity index (χ4n) is 3.60. The van der Waals surface area contributed by atoms with Crippen LogP contribution in [0.25, 0.3) is 0 Å². The van der Waals surface area contributed by atoms with Crippen molar-refractivity contribution in [1.82, 2.24) is 9.62 Å². The van der Waals surface area contributed by atoms with Gasteiger partial charge in [-0.2, -0.15) is 4.31 Å². The van der Waals surface area contributed by atoms with E-state index in [9.17, 15) is 18.0 Å². The summed E-state index contributed by atoms with van der Waals surface area (Å²) in [6, 6.07) is 13.5. The molecule has 0 spiro atoms. The summed E-state index contributed by atoms with van der Waals surface area (Å²) in [6.45, 7) is 2.57. The number of piperidine rings is 1. The van der Waals surface area contributed by atoms with Crippen LogP contribution in [0.15, 0.2) is 53.4 Å². The molecular formula is C22H26ClN3O4S. The van der Waals surface area contributed by atoms with Gasteiger partial charge in [0.2, 0.25) is 21.8 Å². The lowest BCUT2D eigenvalue weighted by Gasteiger charge is -2.31. The van der Waals surface area contributed by atoms with Crippen molar-refractivity contribution < 1.29 is 18.0 Å². The molecule has 2 N–H and O–H groups in total. The Morgan fingerprint density at radius 1 is 1.10 bits per heavy atom. The lowest BCUT2D eigenvalue weighted by atomic mass is 9.94. The quantitative estimate of drug-likeness (QED) is 0.657. The number of hydrogen-bond acceptors (Lipinski definition) is 4. The zero-order valence-electron chi connectivity index (χ0n) is 17.3. The number of nitrogens with one attached hydrogen (secondary N) is 2. The van der Waals surface area contributed by atoms with Gasteiger partial charge in [0.25, 0.3) is 0 Å². The SMILES string of the molecule is CC(=O)Nc1ccc(S(=O)(=O)N2CCC(CC(=O)NCc3cccc(Cl)c3)CC2)cc1. The van der Waals surface area contributed by atoms with Gasteiger partial charge in [0.1, 0.15) is 0 Å². The van der Waals surface area contributed by atoms with Crippen LogP contribution >= 0.6 is 11.6 Å². The molecule has 31 heavy (non-hydrogen) atoms. The van der Waals surface area contributed by atoms with Crippen molar-refractivity contribution in [3.05, 3.63) is 59.1 Å². The van der Waals surface area contributed by atoms with Gasteiger partial charge >= 0.3 is 0 Å². The van der Waals surface area contributed by atoms with Crippen LogP contribution in [0, 0.1) is 5.92 Å². The molecule has 0 aliphatic carbocycles. The number of halogens is 1. The first-order chi connectivity index (χ1) is 14.7. The number of carbonyl (C=O) groups excluding carboxylic acids is 2. The molecule has 9 heteroatoms. The summed E-state index contributed by atoms with van der Waals surface area (Å²) in [5.41, 5.74) is 1.49. The molecule has 2 aromatic carbocycles. The molecule has 1 heterocycles. The second kappa shape index (κ2) is 10.3. The highest BCUT2D eigenvalue weighted by atomic mass is 35.5. The van der Waals surface area contributed by atoms with Gasteiger partial charge in [-0.25, -0.2) is 8.42 Å². The van der Waals surface area contributed by atoms with E-state index in [0.717, 1.165) is 5.56 Å². The highest BCUT2D eigenvalue weighted by Gasteiger charge is 2.30. The summed E-state index contributed by atoms with van der Waals surface area (Å²) in [6.07, 6.45) is 1.64. The van der Waals surface area contributed by atoms with E-state index in [4.69, 9.17) is 11.6 Å². The molecule has 0 saturated carbocycles. The maximum Gasteiger partial charge on any atom is 0.243 e. The first-order valence-electron chi connectivity index (χ1n) is 10.1. The monoisotopic (exact) mass is 463 g/mol. The molecule has 7 nitrogen and oxygen atoms in total. The third-order valence-corrected chi connectivity index (χ3v) is 7.39. The molecule has 1 aliphatic rings. The second-order valence-electron chi connectivity index (χ2n) is 7.66. The largest absolute Gasteiger partial charge is 0.352 e. The first-order valence-corrected chi connectivity index (χ1v) is 11.9. The summed E-state index contributed by atoms with van der Waals surface area (Å²) in [5.74, 6) is -0.114. The Labute approximate surface area is 187 Å². The van der Waals surface area contributed by atoms with E-state index in [0.29, 0.717) is 49.6 Å². The van der Waals surface area contributed by atoms with Gasteiger partial charge in [-0.3, -0.25) is 9.59 Å². The summed E-state index contributed by atoms with van der Waals surface area (Å²) in [5, 5.41) is 6.15. The lowest BCUT2D eigenvalue weighted by Crippen LogP contribution is -2.39. The summed E-state index contributed by atoms with van der Waals surface area (Å²) < 4.78 is 27.2. The predicted molar refractivity (Wildman–Crippen MR) is 120 cm³/mol. The van der Waals surface area contributed by atoms with Crippen molar-refractivity contribution in [2.24, 2.45) is 5.92 Å². The molecule has 0 radical (unpaired) electrons. The molecule has 0 aromatic heterocycles. The van der Waals surface area contributed by atoms with Crippen LogP contribution in [0.2, 0.25) is 5.02 Å². The Morgan fingerprint density at radius 2 is 1.77 bits per heavy atom. The van der Waals surface area contributed by atoms with E-state index in [1.807, 2.05) is 18.2 Å². The Kier molecular flexibility index (Phi) is 7.69. The van der Waals surface area contributed by atoms with Crippen molar-refractivity contribution in [3.8, 4) is 0 Å². The number of anilines is 1. The molecule has 0 bridgehead atoms. The van der Waals surface area contributed by atoms with Crippen molar-refractivity contribution >= 4 is 39.1 Å². The molecule has 1 saturated heterocycles. The minimum absolute atomic E-state index is 0.0464. The smallest absolute Gasteiger partial charge is 0.243 e. The van der Waals surface area contributed by atoms with Gasteiger partial charge in [0.05, 0.1) is 4.90 Å². The van der Waals surface area contributed by atoms with Crippen LogP contribution in [0.3, 0.4) is 0 Å². The number of amides is 2. The fourth-order valence-corrected chi connectivity index (χ4v) is 5.28. The molecule has 2 aromatic rings. The minimum Gasteiger partial charge on any atom is -0.352 e. The van der Waals surface area contributed by atoms with Crippen molar-refractivity contribution in [2.75, 3.05) is 18.4 Å². The molecule has 1 aliphatic heterocycles. The van der Waals surface area contributed by atoms with Gasteiger partial charge in [0.15, 0.2) is 0 Å². The molecular weight excluding hydrogens is 438 g/mol. The van der Waals surface area contributed by atoms with Crippen LogP contribution in [0.5, 0.6) is 0 Å². The van der Waals surface area contributed by atoms with Crippen LogP contribution in [0.1, 0.15) is 31.7 Å². The van der Waals surface area contributed by atoms with E-state index >= 15 is 0 Å². The zero-order chi connectivity index (χ0) is 22.4. The summed E-state index contributed by atoms with van der Waals surface area (Å²) in [4.78, 5) is 23.6. The lowest BCUT2D eigenvalue weighted by molar-refractivity contribution is -0.122. The highest BCUT2D eigenvalue weighted by Crippen LogP contribution is 2.26. The Balaban J connectivity index is 1.49. The number of carbonyl (C=O) groups is 2. The highest BCUT2D eigenvalue weighted by molar-refractivity contribution is 7.89. The van der Waals surface area contributed by atoms with E-state index in [1.54, 1.807) is 18.2 Å². The average molecular weight is 464 g/mol. The summed E-state index contributed by atoms with van der Waals surface area (Å²) in [7, 11) is -3.60. The normalized spacial score (nSPS) is 15.4. The zero-order valence-corrected chi connectivity index (χ0v) is 18.9. The molecule has 3 rings (SSSR count). The molecule has 2 amide bonds. The number of rotatable bonds is 7. The minimum atomic E-state index is -3.60. The van der Waals surface area contributed by atoms with Gasteiger partial charge in [-0.15, -0.1) is 0 Å². The van der Waals surface area contributed by atoms with E-state index in [2.05, 4.69) is 10.6 Å². The van der Waals surface area contributed by atoms with Gasteiger partial charge in [-0.1, -0.05) is 23.7 Å². The van der Waals surface area contributed by atoms with Gasteiger partial charge < -0.3 is 10.6 Å². The third-order valence-electron chi connectivity index (χ3n) is 5.24. The maximum absolute atomic E-state index is 12.9. The third kappa shape index (κ3) is 6.53. The fraction of sp³-hybridized carbons (Fsp3) is 0.364. The van der Waals surface area contributed by atoms with Crippen molar-refractivity contribution in [2.45, 2.75) is 37.6 Å². The van der Waals surface area contributed by atoms with Gasteiger partial charge in [0, 0.05) is 43.7 Å². The topological polar surface area (TPSA) is 95.6 Å². The Morgan fingerprint density at radius 3 is 2.39 bits per heavy atom. The predicted octanol–water partition coefficient (Wildman–Crippen LogP) is 3.41. The Hall–Kier alpha value is -2.42. The van der Waals surface area contributed by atoms with Crippen LogP contribution in [0.4, 0.5) is 5.69 Å². The number of hydrogen-bond donors (Lipinski definition) is 2. The molecule has 1 fully saturated rings. The van der Waals surface area contributed by atoms with E-state index in [-0.39, 0.29) is 22.6 Å². The van der Waals surface area contributed by atoms with Crippen LogP contribution in [-0.4, -0.2) is 37.6 Å². The number of nitrogens with zero attached hydrogens (tertiary/aromatic N) is 1. The molecule has 0 atom stereocenters. The standard InChI is InChI=1S/C22H26ClN3O4S/c1-16(27)25-20-5-7-21(8-6-20)31(29,30)26-11-9-17(10-12-26)14-22(28)24-15-18-3-2-4-19(23)13-18/h2-8,13,17H,9-12,14-15H2,1H3,(H,24,28)(H,25,27).